The van der Waals surface area contributed by atoms with Gasteiger partial charge in [0.1, 0.15) is 0 Å². The second-order valence-corrected chi connectivity index (χ2v) is 4.54. The van der Waals surface area contributed by atoms with Gasteiger partial charge in [0.25, 0.3) is 0 Å². The fourth-order valence-electron chi connectivity index (χ4n) is 2.10. The summed E-state index contributed by atoms with van der Waals surface area (Å²) in [6.45, 7) is 8.42. The molecule has 1 rings (SSSR count). The van der Waals surface area contributed by atoms with Crippen molar-refractivity contribution < 1.29 is 9.53 Å². The summed E-state index contributed by atoms with van der Waals surface area (Å²) in [6, 6.07) is 0.0565. The quantitative estimate of drug-likeness (QED) is 0.621. The van der Waals surface area contributed by atoms with Crippen LogP contribution in [-0.4, -0.2) is 49.7 Å². The van der Waals surface area contributed by atoms with Crippen molar-refractivity contribution in [2.75, 3.05) is 32.8 Å². The lowest BCUT2D eigenvalue weighted by atomic mass is 10.2. The molecule has 17 heavy (non-hydrogen) atoms. The molecule has 1 N–H and O–H groups in total. The fraction of sp³-hybridized carbons (Fsp3) is 0.923. The zero-order chi connectivity index (χ0) is 12.5. The zero-order valence-electron chi connectivity index (χ0n) is 11.2. The normalized spacial score (nSPS) is 20.2. The number of nitrogens with zero attached hydrogens (tertiary/aromatic N) is 1. The molecule has 1 heterocycles. The van der Waals surface area contributed by atoms with E-state index in [1.165, 1.54) is 6.42 Å². The molecule has 1 fully saturated rings. The van der Waals surface area contributed by atoms with Gasteiger partial charge in [-0.3, -0.25) is 4.79 Å². The summed E-state index contributed by atoms with van der Waals surface area (Å²) in [5.74, 6) is 0.264. The van der Waals surface area contributed by atoms with Crippen LogP contribution in [0.4, 0.5) is 0 Å². The molecule has 1 unspecified atom stereocenters. The Labute approximate surface area is 105 Å². The van der Waals surface area contributed by atoms with Crippen LogP contribution in [0.1, 0.15) is 39.5 Å². The van der Waals surface area contributed by atoms with E-state index in [2.05, 4.69) is 12.2 Å². The van der Waals surface area contributed by atoms with Gasteiger partial charge < -0.3 is 15.0 Å². The maximum Gasteiger partial charge on any atom is 0.239 e. The number of likely N-dealkylation sites (tertiary alicyclic amines) is 1. The molecule has 1 aliphatic heterocycles. The van der Waals surface area contributed by atoms with Gasteiger partial charge in [0, 0.05) is 26.3 Å². The summed E-state index contributed by atoms with van der Waals surface area (Å²) in [5, 5.41) is 3.22. The SMILES string of the molecule is CCCCOCCCN1CCC(NCC)C1=O. The van der Waals surface area contributed by atoms with Crippen molar-refractivity contribution >= 4 is 5.91 Å². The number of hydrogen-bond donors (Lipinski definition) is 1. The standard InChI is InChI=1S/C13H26N2O2/c1-3-5-10-17-11-6-8-15-9-7-12(13(15)16)14-4-2/h12,14H,3-11H2,1-2H3. The first kappa shape index (κ1) is 14.5. The van der Waals surface area contributed by atoms with E-state index >= 15 is 0 Å². The van der Waals surface area contributed by atoms with Gasteiger partial charge in [-0.05, 0) is 25.8 Å². The highest BCUT2D eigenvalue weighted by atomic mass is 16.5. The van der Waals surface area contributed by atoms with Crippen LogP contribution < -0.4 is 5.32 Å². The number of ether oxygens (including phenoxy) is 1. The molecule has 0 aliphatic carbocycles. The van der Waals surface area contributed by atoms with E-state index < -0.39 is 0 Å². The Hall–Kier alpha value is -0.610. The number of likely N-dealkylation sites (N-methyl/N-ethyl adjacent to an activating group) is 1. The van der Waals surface area contributed by atoms with E-state index in [1.807, 2.05) is 11.8 Å². The van der Waals surface area contributed by atoms with Crippen LogP contribution in [0, 0.1) is 0 Å². The summed E-state index contributed by atoms with van der Waals surface area (Å²) in [6.07, 6.45) is 4.21. The molecular weight excluding hydrogens is 216 g/mol. The Bertz CT molecular complexity index is 221. The second kappa shape index (κ2) is 8.48. The third-order valence-electron chi connectivity index (χ3n) is 3.11. The van der Waals surface area contributed by atoms with E-state index in [0.29, 0.717) is 0 Å². The largest absolute Gasteiger partial charge is 0.381 e. The molecule has 0 spiro atoms. The third kappa shape index (κ3) is 5.04. The lowest BCUT2D eigenvalue weighted by Crippen LogP contribution is -2.38. The van der Waals surface area contributed by atoms with Crippen molar-refractivity contribution in [1.82, 2.24) is 10.2 Å². The molecule has 1 saturated heterocycles. The minimum absolute atomic E-state index is 0.0565. The molecule has 100 valence electrons. The van der Waals surface area contributed by atoms with Crippen molar-refractivity contribution in [1.29, 1.82) is 0 Å². The van der Waals surface area contributed by atoms with Crippen molar-refractivity contribution in [2.45, 2.75) is 45.6 Å². The minimum atomic E-state index is 0.0565. The van der Waals surface area contributed by atoms with Crippen LogP contribution >= 0.6 is 0 Å². The molecule has 0 aromatic carbocycles. The van der Waals surface area contributed by atoms with Crippen molar-refractivity contribution in [3.8, 4) is 0 Å². The van der Waals surface area contributed by atoms with Crippen molar-refractivity contribution in [3.63, 3.8) is 0 Å². The predicted molar refractivity (Wildman–Crippen MR) is 69.0 cm³/mol. The van der Waals surface area contributed by atoms with E-state index in [9.17, 15) is 4.79 Å². The number of carbonyl (C=O) groups is 1. The summed E-state index contributed by atoms with van der Waals surface area (Å²) < 4.78 is 5.49. The number of rotatable bonds is 9. The van der Waals surface area contributed by atoms with E-state index in [4.69, 9.17) is 4.74 Å². The molecule has 1 aliphatic rings. The van der Waals surface area contributed by atoms with Crippen LogP contribution in [0.25, 0.3) is 0 Å². The Kier molecular flexibility index (Phi) is 7.21. The van der Waals surface area contributed by atoms with Gasteiger partial charge in [0.2, 0.25) is 5.91 Å². The summed E-state index contributed by atoms with van der Waals surface area (Å²) in [7, 11) is 0. The molecule has 0 saturated carbocycles. The number of nitrogens with one attached hydrogen (secondary N) is 1. The van der Waals surface area contributed by atoms with Crippen LogP contribution in [0.5, 0.6) is 0 Å². The molecular formula is C13H26N2O2. The zero-order valence-corrected chi connectivity index (χ0v) is 11.2. The van der Waals surface area contributed by atoms with Crippen molar-refractivity contribution in [2.24, 2.45) is 0 Å². The molecule has 0 bridgehead atoms. The van der Waals surface area contributed by atoms with Crippen molar-refractivity contribution in [3.05, 3.63) is 0 Å². The van der Waals surface area contributed by atoms with E-state index in [0.717, 1.165) is 52.1 Å². The highest BCUT2D eigenvalue weighted by Gasteiger charge is 2.29. The molecule has 4 heteroatoms. The lowest BCUT2D eigenvalue weighted by Gasteiger charge is -2.16. The maximum atomic E-state index is 11.9. The van der Waals surface area contributed by atoms with Gasteiger partial charge in [-0.25, -0.2) is 0 Å². The summed E-state index contributed by atoms with van der Waals surface area (Å²) in [4.78, 5) is 13.8. The van der Waals surface area contributed by atoms with Crippen LogP contribution in [0.15, 0.2) is 0 Å². The first-order valence-electron chi connectivity index (χ1n) is 6.89. The molecule has 0 aromatic heterocycles. The van der Waals surface area contributed by atoms with Crippen LogP contribution in [-0.2, 0) is 9.53 Å². The molecule has 0 radical (unpaired) electrons. The highest BCUT2D eigenvalue weighted by Crippen LogP contribution is 2.11. The lowest BCUT2D eigenvalue weighted by molar-refractivity contribution is -0.129. The second-order valence-electron chi connectivity index (χ2n) is 4.54. The molecule has 1 amide bonds. The first-order chi connectivity index (χ1) is 8.29. The van der Waals surface area contributed by atoms with Gasteiger partial charge in [0.05, 0.1) is 6.04 Å². The predicted octanol–water partition coefficient (Wildman–Crippen LogP) is 1.40. The summed E-state index contributed by atoms with van der Waals surface area (Å²) in [5.41, 5.74) is 0. The van der Waals surface area contributed by atoms with E-state index in [1.54, 1.807) is 0 Å². The number of amides is 1. The smallest absolute Gasteiger partial charge is 0.239 e. The van der Waals surface area contributed by atoms with Crippen LogP contribution in [0.3, 0.4) is 0 Å². The highest BCUT2D eigenvalue weighted by molar-refractivity contribution is 5.83. The van der Waals surface area contributed by atoms with Gasteiger partial charge in [0.15, 0.2) is 0 Å². The first-order valence-corrected chi connectivity index (χ1v) is 6.89. The Morgan fingerprint density at radius 3 is 2.82 bits per heavy atom. The van der Waals surface area contributed by atoms with Gasteiger partial charge in [-0.2, -0.15) is 0 Å². The maximum absolute atomic E-state index is 11.9. The Morgan fingerprint density at radius 2 is 2.12 bits per heavy atom. The van der Waals surface area contributed by atoms with Gasteiger partial charge in [-0.1, -0.05) is 20.3 Å². The minimum Gasteiger partial charge on any atom is -0.381 e. The third-order valence-corrected chi connectivity index (χ3v) is 3.11. The summed E-state index contributed by atoms with van der Waals surface area (Å²) >= 11 is 0. The monoisotopic (exact) mass is 242 g/mol. The molecule has 0 aromatic rings. The molecule has 4 nitrogen and oxygen atoms in total. The number of hydrogen-bond acceptors (Lipinski definition) is 3. The average molecular weight is 242 g/mol. The number of carbonyl (C=O) groups excluding carboxylic acids is 1. The Balaban J connectivity index is 2.06. The van der Waals surface area contributed by atoms with Crippen LogP contribution in [0.2, 0.25) is 0 Å². The fourth-order valence-corrected chi connectivity index (χ4v) is 2.10. The molecule has 1 atom stereocenters. The van der Waals surface area contributed by atoms with Gasteiger partial charge in [-0.15, -0.1) is 0 Å². The number of unbranched alkanes of at least 4 members (excludes halogenated alkanes) is 1. The Morgan fingerprint density at radius 1 is 1.35 bits per heavy atom. The van der Waals surface area contributed by atoms with Gasteiger partial charge >= 0.3 is 0 Å². The van der Waals surface area contributed by atoms with E-state index in [-0.39, 0.29) is 11.9 Å². The average Bonchev–Trinajstić information content (AvgIpc) is 2.67. The topological polar surface area (TPSA) is 41.6 Å².